The van der Waals surface area contributed by atoms with Crippen molar-refractivity contribution in [1.82, 2.24) is 0 Å². The number of aryl methyl sites for hydroxylation is 2. The van der Waals surface area contributed by atoms with Crippen molar-refractivity contribution in [3.63, 3.8) is 0 Å². The van der Waals surface area contributed by atoms with Gasteiger partial charge in [-0.25, -0.2) is 8.42 Å². The number of nitrogens with one attached hydrogen (secondary N) is 2. The second kappa shape index (κ2) is 7.63. The third kappa shape index (κ3) is 4.74. The number of sulfonamides is 1. The fourth-order valence-electron chi connectivity index (χ4n) is 2.78. The van der Waals surface area contributed by atoms with E-state index in [2.05, 4.69) is 10.0 Å². The molecule has 3 rings (SSSR count). The number of anilines is 2. The highest BCUT2D eigenvalue weighted by atomic mass is 32.2. The first-order valence-corrected chi connectivity index (χ1v) is 9.89. The lowest BCUT2D eigenvalue weighted by molar-refractivity contribution is 0.102. The lowest BCUT2D eigenvalue weighted by Gasteiger charge is -2.11. The summed E-state index contributed by atoms with van der Waals surface area (Å²) in [5.41, 5.74) is 3.45. The van der Waals surface area contributed by atoms with E-state index in [-0.39, 0.29) is 10.8 Å². The van der Waals surface area contributed by atoms with Crippen LogP contribution < -0.4 is 10.0 Å². The van der Waals surface area contributed by atoms with E-state index in [9.17, 15) is 13.2 Å². The van der Waals surface area contributed by atoms with Crippen molar-refractivity contribution in [1.29, 1.82) is 0 Å². The molecule has 0 aliphatic rings. The summed E-state index contributed by atoms with van der Waals surface area (Å²) in [5, 5.41) is 2.80. The Hall–Kier alpha value is -3.12. The molecule has 5 nitrogen and oxygen atoms in total. The molecule has 0 radical (unpaired) electrons. The minimum absolute atomic E-state index is 0.176. The minimum Gasteiger partial charge on any atom is -0.322 e. The first kappa shape index (κ1) is 18.7. The van der Waals surface area contributed by atoms with Gasteiger partial charge in [-0.2, -0.15) is 0 Å². The molecular weight excluding hydrogens is 360 g/mol. The van der Waals surface area contributed by atoms with E-state index in [1.807, 2.05) is 32.0 Å². The molecule has 0 spiro atoms. The van der Waals surface area contributed by atoms with Crippen LogP contribution in [-0.2, 0) is 10.0 Å². The lowest BCUT2D eigenvalue weighted by atomic mass is 10.1. The molecule has 3 aromatic rings. The SMILES string of the molecule is Cc1cc(C)cc(C(=O)Nc2cccc(NS(=O)(=O)c3ccccc3)c2)c1. The second-order valence-electron chi connectivity index (χ2n) is 6.33. The molecule has 0 aliphatic carbocycles. The first-order valence-electron chi connectivity index (χ1n) is 8.41. The van der Waals surface area contributed by atoms with Crippen LogP contribution >= 0.6 is 0 Å². The number of hydrogen-bond acceptors (Lipinski definition) is 3. The van der Waals surface area contributed by atoms with Crippen molar-refractivity contribution in [3.05, 3.63) is 89.5 Å². The summed E-state index contributed by atoms with van der Waals surface area (Å²) in [4.78, 5) is 12.7. The van der Waals surface area contributed by atoms with Crippen LogP contribution in [0.15, 0.2) is 77.7 Å². The van der Waals surface area contributed by atoms with Gasteiger partial charge in [0.1, 0.15) is 0 Å². The van der Waals surface area contributed by atoms with Crippen LogP contribution in [0.2, 0.25) is 0 Å². The van der Waals surface area contributed by atoms with Crippen molar-refractivity contribution < 1.29 is 13.2 Å². The fourth-order valence-corrected chi connectivity index (χ4v) is 3.85. The van der Waals surface area contributed by atoms with Gasteiger partial charge >= 0.3 is 0 Å². The van der Waals surface area contributed by atoms with Crippen LogP contribution in [0.3, 0.4) is 0 Å². The third-order valence-electron chi connectivity index (χ3n) is 3.91. The van der Waals surface area contributed by atoms with Crippen LogP contribution in [0.4, 0.5) is 11.4 Å². The molecule has 0 aromatic heterocycles. The fraction of sp³-hybridized carbons (Fsp3) is 0.0952. The summed E-state index contributed by atoms with van der Waals surface area (Å²) >= 11 is 0. The second-order valence-corrected chi connectivity index (χ2v) is 8.01. The zero-order valence-electron chi connectivity index (χ0n) is 15.1. The van der Waals surface area contributed by atoms with Crippen LogP contribution in [0, 0.1) is 13.8 Å². The summed E-state index contributed by atoms with van der Waals surface area (Å²) in [6.45, 7) is 3.87. The number of rotatable bonds is 5. The largest absolute Gasteiger partial charge is 0.322 e. The minimum atomic E-state index is -3.68. The van der Waals surface area contributed by atoms with Crippen LogP contribution in [-0.4, -0.2) is 14.3 Å². The molecule has 0 unspecified atom stereocenters. The van der Waals surface area contributed by atoms with Gasteiger partial charge in [0.2, 0.25) is 0 Å². The average Bonchev–Trinajstić information content (AvgIpc) is 2.61. The molecule has 0 aliphatic heterocycles. The van der Waals surface area contributed by atoms with E-state index in [4.69, 9.17) is 0 Å². The zero-order chi connectivity index (χ0) is 19.4. The van der Waals surface area contributed by atoms with Crippen molar-refractivity contribution in [2.24, 2.45) is 0 Å². The van der Waals surface area contributed by atoms with E-state index in [1.165, 1.54) is 12.1 Å². The number of benzene rings is 3. The van der Waals surface area contributed by atoms with Crippen molar-refractivity contribution in [2.75, 3.05) is 10.0 Å². The number of amides is 1. The summed E-state index contributed by atoms with van der Waals surface area (Å²) in [5.74, 6) is -0.245. The van der Waals surface area contributed by atoms with Gasteiger partial charge < -0.3 is 5.32 Å². The smallest absolute Gasteiger partial charge is 0.261 e. The number of carbonyl (C=O) groups is 1. The Bertz CT molecular complexity index is 1060. The Balaban J connectivity index is 1.79. The zero-order valence-corrected chi connectivity index (χ0v) is 15.9. The first-order chi connectivity index (χ1) is 12.8. The summed E-state index contributed by atoms with van der Waals surface area (Å²) in [7, 11) is -3.68. The summed E-state index contributed by atoms with van der Waals surface area (Å²) in [6.07, 6.45) is 0. The topological polar surface area (TPSA) is 75.3 Å². The molecule has 0 bridgehead atoms. The maximum atomic E-state index is 12.5. The maximum Gasteiger partial charge on any atom is 0.261 e. The van der Waals surface area contributed by atoms with Gasteiger partial charge in [-0.15, -0.1) is 0 Å². The normalized spacial score (nSPS) is 11.0. The molecule has 1 amide bonds. The molecule has 0 atom stereocenters. The molecule has 0 saturated carbocycles. The Morgan fingerprint density at radius 1 is 0.778 bits per heavy atom. The predicted molar refractivity (Wildman–Crippen MR) is 108 cm³/mol. The van der Waals surface area contributed by atoms with Crippen molar-refractivity contribution >= 4 is 27.3 Å². The molecular formula is C21H20N2O3S. The molecule has 27 heavy (non-hydrogen) atoms. The van der Waals surface area contributed by atoms with Gasteiger partial charge in [0.15, 0.2) is 0 Å². The van der Waals surface area contributed by atoms with Gasteiger partial charge in [0.25, 0.3) is 15.9 Å². The highest BCUT2D eigenvalue weighted by Gasteiger charge is 2.14. The van der Waals surface area contributed by atoms with E-state index < -0.39 is 10.0 Å². The van der Waals surface area contributed by atoms with E-state index in [0.29, 0.717) is 16.9 Å². The summed E-state index contributed by atoms with van der Waals surface area (Å²) < 4.78 is 27.4. The highest BCUT2D eigenvalue weighted by molar-refractivity contribution is 7.92. The van der Waals surface area contributed by atoms with Gasteiger partial charge in [0, 0.05) is 11.3 Å². The van der Waals surface area contributed by atoms with E-state index in [1.54, 1.807) is 42.5 Å². The van der Waals surface area contributed by atoms with Crippen molar-refractivity contribution in [2.45, 2.75) is 18.7 Å². The predicted octanol–water partition coefficient (Wildman–Crippen LogP) is 4.36. The van der Waals surface area contributed by atoms with Gasteiger partial charge in [-0.1, -0.05) is 41.5 Å². The Morgan fingerprint density at radius 3 is 2.07 bits per heavy atom. The molecule has 138 valence electrons. The van der Waals surface area contributed by atoms with E-state index in [0.717, 1.165) is 11.1 Å². The maximum absolute atomic E-state index is 12.5. The van der Waals surface area contributed by atoms with Crippen LogP contribution in [0.5, 0.6) is 0 Å². The van der Waals surface area contributed by atoms with Gasteiger partial charge in [-0.3, -0.25) is 9.52 Å². The third-order valence-corrected chi connectivity index (χ3v) is 5.31. The quantitative estimate of drug-likeness (QED) is 0.691. The molecule has 0 saturated heterocycles. The lowest BCUT2D eigenvalue weighted by Crippen LogP contribution is -2.14. The molecule has 3 aromatic carbocycles. The van der Waals surface area contributed by atoms with Gasteiger partial charge in [0.05, 0.1) is 10.6 Å². The Kier molecular flexibility index (Phi) is 5.28. The molecule has 6 heteroatoms. The number of carbonyl (C=O) groups excluding carboxylic acids is 1. The molecule has 0 heterocycles. The monoisotopic (exact) mass is 380 g/mol. The molecule has 0 fully saturated rings. The average molecular weight is 380 g/mol. The Labute approximate surface area is 159 Å². The Morgan fingerprint density at radius 2 is 1.41 bits per heavy atom. The van der Waals surface area contributed by atoms with Gasteiger partial charge in [-0.05, 0) is 56.3 Å². The summed E-state index contributed by atoms with van der Waals surface area (Å²) in [6, 6.07) is 20.3. The highest BCUT2D eigenvalue weighted by Crippen LogP contribution is 2.20. The van der Waals surface area contributed by atoms with Crippen LogP contribution in [0.25, 0.3) is 0 Å². The number of hydrogen-bond donors (Lipinski definition) is 2. The van der Waals surface area contributed by atoms with Crippen LogP contribution in [0.1, 0.15) is 21.5 Å². The standard InChI is InChI=1S/C21H20N2O3S/c1-15-11-16(2)13-17(12-15)21(24)22-18-7-6-8-19(14-18)23-27(25,26)20-9-4-3-5-10-20/h3-14,23H,1-2H3,(H,22,24). The van der Waals surface area contributed by atoms with Crippen molar-refractivity contribution in [3.8, 4) is 0 Å². The van der Waals surface area contributed by atoms with E-state index >= 15 is 0 Å². The molecule has 2 N–H and O–H groups in total.